The smallest absolute Gasteiger partial charge is 0.303 e. The number of aliphatic carboxylic acids is 1. The number of carboxylic acid groups (broad SMARTS) is 1. The topological polar surface area (TPSA) is 74.6 Å². The first-order valence-electron chi connectivity index (χ1n) is 5.60. The molecule has 0 unspecified atom stereocenters. The molecule has 0 aromatic heterocycles. The fraction of sp³-hybridized carbons (Fsp3) is 0.667. The molecule has 1 aliphatic rings. The van der Waals surface area contributed by atoms with Crippen molar-refractivity contribution in [2.45, 2.75) is 38.7 Å². The van der Waals surface area contributed by atoms with Crippen LogP contribution >= 0.6 is 0 Å². The van der Waals surface area contributed by atoms with Crippen molar-refractivity contribution in [3.05, 3.63) is 12.2 Å². The lowest BCUT2D eigenvalue weighted by atomic mass is 9.89. The molecule has 0 radical (unpaired) electrons. The van der Waals surface area contributed by atoms with Crippen molar-refractivity contribution < 1.29 is 19.8 Å². The number of rotatable bonds is 5. The summed E-state index contributed by atoms with van der Waals surface area (Å²) in [6.45, 7) is 1.64. The van der Waals surface area contributed by atoms with Gasteiger partial charge in [-0.05, 0) is 25.7 Å². The second kappa shape index (κ2) is 5.80. The molecule has 0 spiro atoms. The number of allylic oxidation sites excluding steroid dienone is 1. The van der Waals surface area contributed by atoms with Crippen LogP contribution in [0.25, 0.3) is 0 Å². The molecule has 1 fully saturated rings. The van der Waals surface area contributed by atoms with Gasteiger partial charge in [-0.15, -0.1) is 0 Å². The molecule has 1 rings (SSSR count). The van der Waals surface area contributed by atoms with E-state index in [1.54, 1.807) is 19.1 Å². The van der Waals surface area contributed by atoms with Gasteiger partial charge in [0.05, 0.1) is 6.10 Å². The van der Waals surface area contributed by atoms with Gasteiger partial charge in [-0.3, -0.25) is 9.59 Å². The lowest BCUT2D eigenvalue weighted by Crippen LogP contribution is -2.17. The predicted octanol–water partition coefficient (Wildman–Crippen LogP) is 1.38. The molecule has 4 nitrogen and oxygen atoms in total. The third-order valence-electron chi connectivity index (χ3n) is 2.99. The van der Waals surface area contributed by atoms with Crippen LogP contribution in [-0.4, -0.2) is 28.1 Å². The summed E-state index contributed by atoms with van der Waals surface area (Å²) in [5.41, 5.74) is 0. The Bertz CT molecular complexity index is 293. The van der Waals surface area contributed by atoms with E-state index < -0.39 is 12.1 Å². The van der Waals surface area contributed by atoms with Crippen LogP contribution in [0.5, 0.6) is 0 Å². The molecule has 0 aromatic carbocycles. The van der Waals surface area contributed by atoms with E-state index >= 15 is 0 Å². The monoisotopic (exact) mass is 226 g/mol. The van der Waals surface area contributed by atoms with Gasteiger partial charge < -0.3 is 10.2 Å². The summed E-state index contributed by atoms with van der Waals surface area (Å²) in [4.78, 5) is 22.2. The fourth-order valence-corrected chi connectivity index (χ4v) is 2.19. The third kappa shape index (κ3) is 3.77. The van der Waals surface area contributed by atoms with Gasteiger partial charge in [0.15, 0.2) is 0 Å². The molecule has 0 bridgehead atoms. The van der Waals surface area contributed by atoms with Crippen LogP contribution in [0.3, 0.4) is 0 Å². The molecule has 3 atom stereocenters. The van der Waals surface area contributed by atoms with Crippen molar-refractivity contribution in [2.24, 2.45) is 11.8 Å². The van der Waals surface area contributed by atoms with Crippen LogP contribution in [0.1, 0.15) is 32.6 Å². The average Bonchev–Trinajstić information content (AvgIpc) is 2.48. The number of carbonyl (C=O) groups excluding carboxylic acids is 1. The normalized spacial score (nSPS) is 27.5. The summed E-state index contributed by atoms with van der Waals surface area (Å²) in [6.07, 6.45) is 4.66. The predicted molar refractivity (Wildman–Crippen MR) is 58.9 cm³/mol. The van der Waals surface area contributed by atoms with E-state index in [4.69, 9.17) is 10.2 Å². The van der Waals surface area contributed by atoms with Gasteiger partial charge >= 0.3 is 5.97 Å². The van der Waals surface area contributed by atoms with Crippen molar-refractivity contribution in [1.29, 1.82) is 0 Å². The Hall–Kier alpha value is -1.16. The standard InChI is InChI=1S/C12H18O4/c1-8(13)3-2-4-10-9(7-12(15)16)5-6-11(10)14/h2-3,8-10,13H,4-7H2,1H3,(H,15,16)/t8-,9+,10+/m0/s1. The summed E-state index contributed by atoms with van der Waals surface area (Å²) in [6, 6.07) is 0. The number of ketones is 1. The Morgan fingerprint density at radius 1 is 1.62 bits per heavy atom. The van der Waals surface area contributed by atoms with E-state index in [1.807, 2.05) is 0 Å². The molecule has 0 aromatic rings. The number of hydrogen-bond acceptors (Lipinski definition) is 3. The van der Waals surface area contributed by atoms with Crippen LogP contribution in [0.4, 0.5) is 0 Å². The van der Waals surface area contributed by atoms with Crippen molar-refractivity contribution in [2.75, 3.05) is 0 Å². The minimum Gasteiger partial charge on any atom is -0.481 e. The quantitative estimate of drug-likeness (QED) is 0.694. The molecule has 4 heteroatoms. The lowest BCUT2D eigenvalue weighted by Gasteiger charge is -2.14. The lowest BCUT2D eigenvalue weighted by molar-refractivity contribution is -0.138. The zero-order valence-electron chi connectivity index (χ0n) is 9.43. The minimum absolute atomic E-state index is 0.0383. The minimum atomic E-state index is -0.843. The molecule has 0 aliphatic heterocycles. The first-order valence-corrected chi connectivity index (χ1v) is 5.60. The van der Waals surface area contributed by atoms with E-state index in [9.17, 15) is 9.59 Å². The number of aliphatic hydroxyl groups excluding tert-OH is 1. The van der Waals surface area contributed by atoms with Gasteiger partial charge in [-0.1, -0.05) is 12.2 Å². The van der Waals surface area contributed by atoms with E-state index in [0.29, 0.717) is 19.3 Å². The zero-order valence-corrected chi connectivity index (χ0v) is 9.43. The largest absolute Gasteiger partial charge is 0.481 e. The Morgan fingerprint density at radius 2 is 2.31 bits per heavy atom. The molecule has 90 valence electrons. The number of hydrogen-bond donors (Lipinski definition) is 2. The van der Waals surface area contributed by atoms with Crippen LogP contribution in [-0.2, 0) is 9.59 Å². The van der Waals surface area contributed by atoms with Gasteiger partial charge in [0.2, 0.25) is 0 Å². The highest BCUT2D eigenvalue weighted by Crippen LogP contribution is 2.33. The van der Waals surface area contributed by atoms with Crippen LogP contribution in [0.2, 0.25) is 0 Å². The van der Waals surface area contributed by atoms with Crippen LogP contribution < -0.4 is 0 Å². The molecule has 2 N–H and O–H groups in total. The number of carbonyl (C=O) groups is 2. The van der Waals surface area contributed by atoms with Crippen molar-refractivity contribution in [3.63, 3.8) is 0 Å². The maximum Gasteiger partial charge on any atom is 0.303 e. The zero-order chi connectivity index (χ0) is 12.1. The average molecular weight is 226 g/mol. The third-order valence-corrected chi connectivity index (χ3v) is 2.99. The highest BCUT2D eigenvalue weighted by atomic mass is 16.4. The highest BCUT2D eigenvalue weighted by molar-refractivity contribution is 5.84. The number of aliphatic hydroxyl groups is 1. The van der Waals surface area contributed by atoms with Gasteiger partial charge in [0, 0.05) is 18.8 Å². The summed E-state index contributed by atoms with van der Waals surface area (Å²) in [5, 5.41) is 17.8. The number of Topliss-reactive ketones (excluding diaryl/α,β-unsaturated/α-hetero) is 1. The van der Waals surface area contributed by atoms with E-state index in [2.05, 4.69) is 0 Å². The molecule has 1 saturated carbocycles. The summed E-state index contributed by atoms with van der Waals surface area (Å²) in [7, 11) is 0. The maximum absolute atomic E-state index is 11.6. The number of carboxylic acids is 1. The van der Waals surface area contributed by atoms with Gasteiger partial charge in [0.1, 0.15) is 5.78 Å². The molecular weight excluding hydrogens is 208 g/mol. The van der Waals surface area contributed by atoms with Gasteiger partial charge in [0.25, 0.3) is 0 Å². The first kappa shape index (κ1) is 12.9. The second-order valence-corrected chi connectivity index (χ2v) is 4.37. The summed E-state index contributed by atoms with van der Waals surface area (Å²) in [5.74, 6) is -0.902. The Kier molecular flexibility index (Phi) is 4.68. The molecule has 1 aliphatic carbocycles. The first-order chi connectivity index (χ1) is 7.50. The Balaban J connectivity index is 2.53. The highest BCUT2D eigenvalue weighted by Gasteiger charge is 2.34. The fourth-order valence-electron chi connectivity index (χ4n) is 2.19. The summed E-state index contributed by atoms with van der Waals surface area (Å²) >= 11 is 0. The van der Waals surface area contributed by atoms with Gasteiger partial charge in [-0.2, -0.15) is 0 Å². The van der Waals surface area contributed by atoms with Crippen molar-refractivity contribution in [1.82, 2.24) is 0 Å². The molecule has 0 heterocycles. The molecular formula is C12H18O4. The SMILES string of the molecule is C[C@H](O)C=CC[C@H]1C(=O)CC[C@@H]1CC(=O)O. The van der Waals surface area contributed by atoms with Crippen LogP contribution in [0.15, 0.2) is 12.2 Å². The van der Waals surface area contributed by atoms with Crippen molar-refractivity contribution >= 4 is 11.8 Å². The molecule has 16 heavy (non-hydrogen) atoms. The maximum atomic E-state index is 11.6. The molecule has 0 saturated heterocycles. The Labute approximate surface area is 95.0 Å². The van der Waals surface area contributed by atoms with Crippen molar-refractivity contribution in [3.8, 4) is 0 Å². The van der Waals surface area contributed by atoms with E-state index in [0.717, 1.165) is 0 Å². The van der Waals surface area contributed by atoms with E-state index in [1.165, 1.54) is 0 Å². The van der Waals surface area contributed by atoms with E-state index in [-0.39, 0.29) is 24.0 Å². The summed E-state index contributed by atoms with van der Waals surface area (Å²) < 4.78 is 0. The van der Waals surface area contributed by atoms with Crippen LogP contribution in [0, 0.1) is 11.8 Å². The Morgan fingerprint density at radius 3 is 2.88 bits per heavy atom. The van der Waals surface area contributed by atoms with Gasteiger partial charge in [-0.25, -0.2) is 0 Å². The molecule has 0 amide bonds. The second-order valence-electron chi connectivity index (χ2n) is 4.37.